The van der Waals surface area contributed by atoms with E-state index in [0.717, 1.165) is 0 Å². The molecule has 7 aliphatic rings. The highest BCUT2D eigenvalue weighted by Gasteiger charge is 2.57. The van der Waals surface area contributed by atoms with Gasteiger partial charge in [0.15, 0.2) is 44.0 Å². The van der Waals surface area contributed by atoms with Crippen molar-refractivity contribution < 1.29 is 179 Å². The predicted molar refractivity (Wildman–Crippen MR) is 232 cm³/mol. The standard InChI is InChI=1S/C42H72O36/c43-1-8-15(48)19(52)27(60)37(69-8)66-6-13-33(23(56)26(59)36(65)68-13)76-40-30(63)24(57)32(12(5-47)73-40)75-41-31(64)25(58)34(77-38-28(61)20(53)16(49)9(2-44)70-38)14(74-41)7-67-42-35(22(55)18(51)11(4-46)72-42)78-39-29(62)21(54)17(50)10(3-45)71-39/h8-65H,1-7H2/t8-,9-,10-,11-,12-,13-,14-,15+,16-,17+,18+,19+,20+,21+,22+,23-,24-,25-,26+,27-,28-,29-,30-,31+,32-,33-,34-,35-,36-,37+,38+,39+,40+,41+,42+/m1/s1. The Morgan fingerprint density at radius 3 is 0.885 bits per heavy atom. The van der Waals surface area contributed by atoms with E-state index in [1.165, 1.54) is 0 Å². The summed E-state index contributed by atoms with van der Waals surface area (Å²) in [6.07, 6.45) is -69.1. The maximum Gasteiger partial charge on any atom is 0.187 e. The van der Waals surface area contributed by atoms with Crippen molar-refractivity contribution in [2.45, 2.75) is 215 Å². The molecule has 7 saturated heterocycles. The molecule has 36 heteroatoms. The lowest BCUT2D eigenvalue weighted by Crippen LogP contribution is -2.68. The van der Waals surface area contributed by atoms with Crippen molar-refractivity contribution in [2.75, 3.05) is 46.2 Å². The maximum atomic E-state index is 11.7. The first-order valence-corrected chi connectivity index (χ1v) is 24.7. The van der Waals surface area contributed by atoms with E-state index >= 15 is 0 Å². The van der Waals surface area contributed by atoms with Gasteiger partial charge in [-0.25, -0.2) is 0 Å². The molecule has 0 radical (unpaired) electrons. The highest BCUT2D eigenvalue weighted by molar-refractivity contribution is 5.00. The van der Waals surface area contributed by atoms with Crippen molar-refractivity contribution in [3.8, 4) is 0 Å². The summed E-state index contributed by atoms with van der Waals surface area (Å²) in [4.78, 5) is 0. The van der Waals surface area contributed by atoms with Crippen molar-refractivity contribution >= 4 is 0 Å². The number of hydrogen-bond donors (Lipinski definition) is 23. The Morgan fingerprint density at radius 1 is 0.218 bits per heavy atom. The molecule has 0 bridgehead atoms. The monoisotopic (exact) mass is 1150 g/mol. The van der Waals surface area contributed by atoms with Crippen LogP contribution in [0.2, 0.25) is 0 Å². The molecule has 36 nitrogen and oxygen atoms in total. The first-order chi connectivity index (χ1) is 36.9. The lowest BCUT2D eigenvalue weighted by Gasteiger charge is -2.49. The molecule has 7 heterocycles. The van der Waals surface area contributed by atoms with Gasteiger partial charge in [-0.15, -0.1) is 0 Å². The number of ether oxygens (including phenoxy) is 13. The molecule has 0 aromatic heterocycles. The van der Waals surface area contributed by atoms with Crippen LogP contribution in [0.4, 0.5) is 0 Å². The van der Waals surface area contributed by atoms with Gasteiger partial charge in [-0.3, -0.25) is 0 Å². The minimum Gasteiger partial charge on any atom is -0.394 e. The van der Waals surface area contributed by atoms with E-state index in [9.17, 15) is 117 Å². The lowest BCUT2D eigenvalue weighted by atomic mass is 9.95. The zero-order valence-electron chi connectivity index (χ0n) is 40.8. The molecule has 7 aliphatic heterocycles. The summed E-state index contributed by atoms with van der Waals surface area (Å²) < 4.78 is 73.1. The second kappa shape index (κ2) is 27.5. The SMILES string of the molecule is OC[C@H]1O[C@@H](O[C@H]2[C@@H](OC[C@H]3O[C@@H](O[C@H]4[C@H](O)[C@@H](O)[C@H](O[C@H]5[C@H](O)[C@H](O)[C@H](O)O[C@@H]5CO[C@H]5O[C@H](CO)[C@H](O)[C@H](O)[C@H]5O)O[C@@H]4CO)[C@@H](O)[C@@H](O)[C@@H]3O[C@@H]3O[C@H](CO)[C@@H](O)[C@H](O)[C@H]3O)O[C@H](CO)[C@H](O)[C@@H]2O)[C@H](O)[C@@H](O)[C@H]1O. The zero-order valence-corrected chi connectivity index (χ0v) is 40.8. The molecule has 0 aromatic rings. The Bertz CT molecular complexity index is 1810. The molecule has 78 heavy (non-hydrogen) atoms. The van der Waals surface area contributed by atoms with Crippen LogP contribution in [0.25, 0.3) is 0 Å². The third-order valence-electron chi connectivity index (χ3n) is 14.5. The van der Waals surface area contributed by atoms with Crippen molar-refractivity contribution in [1.29, 1.82) is 0 Å². The Labute approximate surface area is 439 Å². The molecule has 35 atom stereocenters. The second-order valence-corrected chi connectivity index (χ2v) is 19.6. The van der Waals surface area contributed by atoms with Crippen LogP contribution in [0.1, 0.15) is 0 Å². The summed E-state index contributed by atoms with van der Waals surface area (Å²) in [6, 6.07) is 0. The number of aliphatic hydroxyl groups is 23. The summed E-state index contributed by atoms with van der Waals surface area (Å²) >= 11 is 0. The molecule has 0 unspecified atom stereocenters. The summed E-state index contributed by atoms with van der Waals surface area (Å²) in [5.74, 6) is 0. The molecule has 0 amide bonds. The fourth-order valence-corrected chi connectivity index (χ4v) is 9.77. The van der Waals surface area contributed by atoms with Gasteiger partial charge in [0.25, 0.3) is 0 Å². The van der Waals surface area contributed by atoms with Gasteiger partial charge < -0.3 is 179 Å². The first kappa shape index (κ1) is 64.1. The van der Waals surface area contributed by atoms with Gasteiger partial charge in [-0.05, 0) is 0 Å². The number of rotatable bonds is 19. The minimum atomic E-state index is -2.33. The van der Waals surface area contributed by atoms with Gasteiger partial charge in [0.1, 0.15) is 171 Å². The summed E-state index contributed by atoms with van der Waals surface area (Å²) in [5.41, 5.74) is 0. The average molecular weight is 1150 g/mol. The molecule has 456 valence electrons. The van der Waals surface area contributed by atoms with E-state index < -0.39 is 261 Å². The third kappa shape index (κ3) is 13.2. The Kier molecular flexibility index (Phi) is 22.6. The lowest BCUT2D eigenvalue weighted by molar-refractivity contribution is -0.395. The first-order valence-electron chi connectivity index (χ1n) is 24.7. The summed E-state index contributed by atoms with van der Waals surface area (Å²) in [7, 11) is 0. The van der Waals surface area contributed by atoms with Gasteiger partial charge in [0.2, 0.25) is 0 Å². The van der Waals surface area contributed by atoms with Gasteiger partial charge in [-0.1, -0.05) is 0 Å². The fraction of sp³-hybridized carbons (Fsp3) is 1.00. The van der Waals surface area contributed by atoms with E-state index in [4.69, 9.17) is 61.6 Å². The van der Waals surface area contributed by atoms with Crippen LogP contribution in [0, 0.1) is 0 Å². The molecule has 0 aliphatic carbocycles. The van der Waals surface area contributed by atoms with Crippen LogP contribution in [0.5, 0.6) is 0 Å². The highest BCUT2D eigenvalue weighted by atomic mass is 16.8. The Hall–Kier alpha value is -1.44. The molecule has 0 saturated carbocycles. The third-order valence-corrected chi connectivity index (χ3v) is 14.5. The van der Waals surface area contributed by atoms with Crippen molar-refractivity contribution in [3.63, 3.8) is 0 Å². The molecular formula is C42H72O36. The van der Waals surface area contributed by atoms with Crippen molar-refractivity contribution in [3.05, 3.63) is 0 Å². The van der Waals surface area contributed by atoms with Crippen LogP contribution in [0.3, 0.4) is 0 Å². The Balaban J connectivity index is 1.10. The van der Waals surface area contributed by atoms with Crippen LogP contribution in [0.15, 0.2) is 0 Å². The van der Waals surface area contributed by atoms with E-state index in [0.29, 0.717) is 0 Å². The fourth-order valence-electron chi connectivity index (χ4n) is 9.77. The minimum absolute atomic E-state index is 0.830. The predicted octanol–water partition coefficient (Wildman–Crippen LogP) is -16.3. The number of aliphatic hydroxyl groups excluding tert-OH is 23. The summed E-state index contributed by atoms with van der Waals surface area (Å²) in [5, 5.41) is 243. The Morgan fingerprint density at radius 2 is 0.474 bits per heavy atom. The van der Waals surface area contributed by atoms with E-state index in [1.54, 1.807) is 0 Å². The molecule has 7 fully saturated rings. The van der Waals surface area contributed by atoms with E-state index in [-0.39, 0.29) is 0 Å². The van der Waals surface area contributed by atoms with Crippen molar-refractivity contribution in [1.82, 2.24) is 0 Å². The smallest absolute Gasteiger partial charge is 0.187 e. The topological polar surface area (TPSA) is 585 Å². The largest absolute Gasteiger partial charge is 0.394 e. The van der Waals surface area contributed by atoms with Gasteiger partial charge in [-0.2, -0.15) is 0 Å². The van der Waals surface area contributed by atoms with Crippen LogP contribution >= 0.6 is 0 Å². The molecule has 23 N–H and O–H groups in total. The van der Waals surface area contributed by atoms with E-state index in [1.807, 2.05) is 0 Å². The maximum absolute atomic E-state index is 11.7. The van der Waals surface area contributed by atoms with Crippen LogP contribution in [-0.4, -0.2) is 379 Å². The molecular weight excluding hydrogens is 1080 g/mol. The quantitative estimate of drug-likeness (QED) is 0.0571. The van der Waals surface area contributed by atoms with Crippen molar-refractivity contribution in [2.24, 2.45) is 0 Å². The van der Waals surface area contributed by atoms with E-state index in [2.05, 4.69) is 0 Å². The summed E-state index contributed by atoms with van der Waals surface area (Å²) in [6.45, 7) is -6.67. The van der Waals surface area contributed by atoms with Gasteiger partial charge >= 0.3 is 0 Å². The average Bonchev–Trinajstić information content (AvgIpc) is 3.43. The zero-order chi connectivity index (χ0) is 57.3. The highest BCUT2D eigenvalue weighted by Crippen LogP contribution is 2.37. The van der Waals surface area contributed by atoms with Gasteiger partial charge in [0.05, 0.1) is 46.2 Å². The van der Waals surface area contributed by atoms with Crippen LogP contribution in [-0.2, 0) is 61.6 Å². The van der Waals surface area contributed by atoms with Gasteiger partial charge in [0, 0.05) is 0 Å². The molecule has 0 spiro atoms. The normalized spacial score (nSPS) is 53.5. The van der Waals surface area contributed by atoms with Crippen LogP contribution < -0.4 is 0 Å². The molecule has 7 rings (SSSR count). The second-order valence-electron chi connectivity index (χ2n) is 19.6. The number of hydrogen-bond acceptors (Lipinski definition) is 36. The molecule has 0 aromatic carbocycles.